The summed E-state index contributed by atoms with van der Waals surface area (Å²) in [5.41, 5.74) is -0.592. The molecule has 0 radical (unpaired) electrons. The normalized spacial score (nSPS) is 13.1. The van der Waals surface area contributed by atoms with Crippen LogP contribution in [-0.2, 0) is 4.79 Å². The highest BCUT2D eigenvalue weighted by Crippen LogP contribution is 2.20. The third-order valence-electron chi connectivity index (χ3n) is 4.28. The van der Waals surface area contributed by atoms with E-state index in [1.165, 1.54) is 10.8 Å². The Bertz CT molecular complexity index is 1270. The minimum absolute atomic E-state index is 0.0439. The number of furan rings is 1. The summed E-state index contributed by atoms with van der Waals surface area (Å²) >= 11 is 1.09. The van der Waals surface area contributed by atoms with Gasteiger partial charge in [-0.1, -0.05) is 20.8 Å². The number of nitriles is 1. The van der Waals surface area contributed by atoms with Crippen LogP contribution in [0, 0.1) is 16.7 Å². The number of carbonyl (C=O) groups excluding carboxylic acids is 1. The third-order valence-corrected chi connectivity index (χ3v) is 5.37. The highest BCUT2D eigenvalue weighted by atomic mass is 32.1. The SMILES string of the molecule is CCOc1ccc(-n2c(=O)/c(=C/c3ccco3)s/c2=C(/C#N)C(=O)C(C)(C)C)cc1. The van der Waals surface area contributed by atoms with Crippen molar-refractivity contribution in [3.63, 3.8) is 0 Å². The average molecular weight is 423 g/mol. The van der Waals surface area contributed by atoms with E-state index in [1.54, 1.807) is 63.2 Å². The standard InChI is InChI=1S/C23H22N2O4S/c1-5-28-16-10-8-15(9-11-16)25-21(27)19(13-17-7-6-12-29-17)30-22(25)18(14-24)20(26)23(2,3)4/h6-13H,5H2,1-4H3/b19-13-,22-18-. The first-order valence-corrected chi connectivity index (χ1v) is 10.3. The average Bonchev–Trinajstić information content (AvgIpc) is 3.32. The molecule has 0 amide bonds. The molecule has 0 fully saturated rings. The van der Waals surface area contributed by atoms with Crippen molar-refractivity contribution in [1.29, 1.82) is 5.26 Å². The molecule has 0 saturated heterocycles. The number of benzene rings is 1. The molecule has 0 N–H and O–H groups in total. The maximum Gasteiger partial charge on any atom is 0.273 e. The summed E-state index contributed by atoms with van der Waals surface area (Å²) in [4.78, 5) is 26.2. The fraction of sp³-hybridized carbons (Fsp3) is 0.261. The number of hydrogen-bond acceptors (Lipinski definition) is 6. The molecule has 154 valence electrons. The van der Waals surface area contributed by atoms with Gasteiger partial charge in [-0.15, -0.1) is 11.3 Å². The van der Waals surface area contributed by atoms with E-state index < -0.39 is 5.41 Å². The van der Waals surface area contributed by atoms with E-state index in [0.717, 1.165) is 11.3 Å². The molecular formula is C23H22N2O4S. The van der Waals surface area contributed by atoms with E-state index in [-0.39, 0.29) is 16.9 Å². The molecule has 0 aliphatic rings. The van der Waals surface area contributed by atoms with Gasteiger partial charge >= 0.3 is 0 Å². The molecule has 1 aromatic carbocycles. The fourth-order valence-corrected chi connectivity index (χ4v) is 3.90. The van der Waals surface area contributed by atoms with Crippen molar-refractivity contribution in [3.8, 4) is 17.5 Å². The largest absolute Gasteiger partial charge is 0.494 e. The molecule has 0 aliphatic heterocycles. The van der Waals surface area contributed by atoms with Gasteiger partial charge in [-0.3, -0.25) is 14.2 Å². The molecule has 0 atom stereocenters. The number of thiazole rings is 1. The summed E-state index contributed by atoms with van der Waals surface area (Å²) < 4.78 is 12.9. The predicted molar refractivity (Wildman–Crippen MR) is 116 cm³/mol. The first-order chi connectivity index (χ1) is 14.3. The summed E-state index contributed by atoms with van der Waals surface area (Å²) in [6.07, 6.45) is 3.12. The van der Waals surface area contributed by atoms with Gasteiger partial charge in [0.05, 0.1) is 23.1 Å². The van der Waals surface area contributed by atoms with Crippen LogP contribution in [0.15, 0.2) is 51.9 Å². The number of aromatic nitrogens is 1. The molecular weight excluding hydrogens is 400 g/mol. The third kappa shape index (κ3) is 4.29. The van der Waals surface area contributed by atoms with Gasteiger partial charge in [0.25, 0.3) is 5.56 Å². The number of ether oxygens (including phenoxy) is 1. The topological polar surface area (TPSA) is 85.2 Å². The molecule has 6 nitrogen and oxygen atoms in total. The minimum atomic E-state index is -0.764. The van der Waals surface area contributed by atoms with E-state index in [2.05, 4.69) is 0 Å². The van der Waals surface area contributed by atoms with Crippen molar-refractivity contribution in [3.05, 3.63) is 68.0 Å². The molecule has 0 saturated carbocycles. The molecule has 0 unspecified atom stereocenters. The lowest BCUT2D eigenvalue weighted by atomic mass is 9.87. The Morgan fingerprint density at radius 1 is 1.27 bits per heavy atom. The quantitative estimate of drug-likeness (QED) is 0.631. The highest BCUT2D eigenvalue weighted by Gasteiger charge is 2.27. The maximum atomic E-state index is 13.3. The first kappa shape index (κ1) is 21.3. The monoisotopic (exact) mass is 422 g/mol. The summed E-state index contributed by atoms with van der Waals surface area (Å²) in [5, 5.41) is 9.79. The molecule has 0 aliphatic carbocycles. The van der Waals surface area contributed by atoms with Crippen molar-refractivity contribution in [2.45, 2.75) is 27.7 Å². The predicted octanol–water partition coefficient (Wildman–Crippen LogP) is 3.01. The van der Waals surface area contributed by atoms with Gasteiger partial charge in [0.1, 0.15) is 27.8 Å². The summed E-state index contributed by atoms with van der Waals surface area (Å²) in [6, 6.07) is 12.4. The van der Waals surface area contributed by atoms with Crippen LogP contribution in [0.5, 0.6) is 5.75 Å². The van der Waals surface area contributed by atoms with Gasteiger partial charge in [0.15, 0.2) is 5.78 Å². The molecule has 2 aromatic heterocycles. The lowest BCUT2D eigenvalue weighted by Gasteiger charge is -2.15. The van der Waals surface area contributed by atoms with E-state index in [1.807, 2.05) is 13.0 Å². The van der Waals surface area contributed by atoms with E-state index in [9.17, 15) is 14.9 Å². The van der Waals surface area contributed by atoms with Crippen LogP contribution in [0.2, 0.25) is 0 Å². The first-order valence-electron chi connectivity index (χ1n) is 9.45. The van der Waals surface area contributed by atoms with Crippen LogP contribution >= 0.6 is 11.3 Å². The number of rotatable bonds is 5. The molecule has 2 heterocycles. The van der Waals surface area contributed by atoms with Crippen molar-refractivity contribution in [2.75, 3.05) is 6.61 Å². The van der Waals surface area contributed by atoms with Gasteiger partial charge in [0.2, 0.25) is 0 Å². The Hall–Kier alpha value is -3.37. The minimum Gasteiger partial charge on any atom is -0.494 e. The zero-order chi connectivity index (χ0) is 21.9. The van der Waals surface area contributed by atoms with Crippen molar-refractivity contribution >= 4 is 28.8 Å². The molecule has 3 aromatic rings. The van der Waals surface area contributed by atoms with Gasteiger partial charge in [0, 0.05) is 11.5 Å². The highest BCUT2D eigenvalue weighted by molar-refractivity contribution is 7.07. The maximum absolute atomic E-state index is 13.3. The Balaban J connectivity index is 2.36. The zero-order valence-corrected chi connectivity index (χ0v) is 18.1. The molecule has 7 heteroatoms. The van der Waals surface area contributed by atoms with Gasteiger partial charge in [-0.2, -0.15) is 5.26 Å². The van der Waals surface area contributed by atoms with Crippen molar-refractivity contribution < 1.29 is 13.9 Å². The van der Waals surface area contributed by atoms with Gasteiger partial charge in [-0.05, 0) is 43.3 Å². The van der Waals surface area contributed by atoms with Crippen molar-refractivity contribution in [1.82, 2.24) is 4.57 Å². The number of Topliss-reactive ketones (excluding diaryl/α,β-unsaturated/α-hetero) is 1. The Labute approximate surface area is 178 Å². The van der Waals surface area contributed by atoms with Gasteiger partial charge in [-0.25, -0.2) is 0 Å². The molecule has 30 heavy (non-hydrogen) atoms. The lowest BCUT2D eigenvalue weighted by Crippen LogP contribution is -2.33. The lowest BCUT2D eigenvalue weighted by molar-refractivity contribution is -0.120. The Kier molecular flexibility index (Phi) is 6.09. The number of ketones is 1. The van der Waals surface area contributed by atoms with Crippen LogP contribution in [0.4, 0.5) is 0 Å². The number of carbonyl (C=O) groups is 1. The number of hydrogen-bond donors (Lipinski definition) is 0. The smallest absolute Gasteiger partial charge is 0.273 e. The second kappa shape index (κ2) is 8.56. The molecule has 0 bridgehead atoms. The van der Waals surface area contributed by atoms with Crippen LogP contribution in [-0.4, -0.2) is 17.0 Å². The van der Waals surface area contributed by atoms with Gasteiger partial charge < -0.3 is 9.15 Å². The van der Waals surface area contributed by atoms with Crippen LogP contribution in [0.3, 0.4) is 0 Å². The zero-order valence-electron chi connectivity index (χ0n) is 17.3. The second-order valence-corrected chi connectivity index (χ2v) is 8.60. The van der Waals surface area contributed by atoms with Crippen LogP contribution in [0.25, 0.3) is 17.3 Å². The van der Waals surface area contributed by atoms with E-state index in [4.69, 9.17) is 9.15 Å². The molecule has 0 spiro atoms. The van der Waals surface area contributed by atoms with E-state index >= 15 is 0 Å². The second-order valence-electron chi connectivity index (χ2n) is 7.56. The number of nitrogens with zero attached hydrogens (tertiary/aromatic N) is 2. The summed E-state index contributed by atoms with van der Waals surface area (Å²) in [7, 11) is 0. The Morgan fingerprint density at radius 3 is 2.50 bits per heavy atom. The van der Waals surface area contributed by atoms with E-state index in [0.29, 0.717) is 33.0 Å². The van der Waals surface area contributed by atoms with Crippen molar-refractivity contribution in [2.24, 2.45) is 5.41 Å². The summed E-state index contributed by atoms with van der Waals surface area (Å²) in [5.74, 6) is 0.860. The van der Waals surface area contributed by atoms with Crippen LogP contribution in [0.1, 0.15) is 33.5 Å². The van der Waals surface area contributed by atoms with Crippen LogP contribution < -0.4 is 19.5 Å². The Morgan fingerprint density at radius 2 is 1.97 bits per heavy atom. The molecule has 3 rings (SSSR count). The fourth-order valence-electron chi connectivity index (χ4n) is 2.82. The summed E-state index contributed by atoms with van der Waals surface area (Å²) in [6.45, 7) is 7.65.